The number of benzene rings is 2. The molecule has 136 valence electrons. The minimum Gasteiger partial charge on any atom is -0.497 e. The van der Waals surface area contributed by atoms with E-state index in [1.54, 1.807) is 38.3 Å². The molecule has 0 fully saturated rings. The van der Waals surface area contributed by atoms with Crippen LogP contribution in [0.15, 0.2) is 48.5 Å². The summed E-state index contributed by atoms with van der Waals surface area (Å²) < 4.78 is 18.3. The van der Waals surface area contributed by atoms with Gasteiger partial charge in [-0.1, -0.05) is 18.2 Å². The molecule has 0 atom stereocenters. The molecule has 2 N–H and O–H groups in total. The Labute approximate surface area is 151 Å². The summed E-state index contributed by atoms with van der Waals surface area (Å²) in [7, 11) is 1.59. The monoisotopic (exact) mass is 356 g/mol. The van der Waals surface area contributed by atoms with Crippen LogP contribution in [0.3, 0.4) is 0 Å². The smallest absolute Gasteiger partial charge is 0.244 e. The Balaban J connectivity index is 1.75. The van der Waals surface area contributed by atoms with Crippen LogP contribution in [0.5, 0.6) is 5.75 Å². The summed E-state index contributed by atoms with van der Waals surface area (Å²) in [5, 5.41) is 5.27. The highest BCUT2D eigenvalue weighted by Gasteiger charge is 2.06. The molecule has 0 aromatic heterocycles. The fourth-order valence-electron chi connectivity index (χ4n) is 2.19. The second kappa shape index (κ2) is 9.36. The predicted octanol–water partition coefficient (Wildman–Crippen LogP) is 3.30. The summed E-state index contributed by atoms with van der Waals surface area (Å²) in [6.07, 6.45) is 3.17. The van der Waals surface area contributed by atoms with E-state index in [-0.39, 0.29) is 24.8 Å². The van der Waals surface area contributed by atoms with Crippen molar-refractivity contribution >= 4 is 23.6 Å². The molecule has 26 heavy (non-hydrogen) atoms. The van der Waals surface area contributed by atoms with E-state index in [2.05, 4.69) is 10.6 Å². The Morgan fingerprint density at radius 3 is 2.58 bits per heavy atom. The zero-order valence-electron chi connectivity index (χ0n) is 14.7. The third-order valence-electron chi connectivity index (χ3n) is 3.67. The molecule has 0 saturated heterocycles. The van der Waals surface area contributed by atoms with Gasteiger partial charge in [-0.05, 0) is 48.4 Å². The number of aryl methyl sites for hydroxylation is 1. The molecule has 0 heterocycles. The van der Waals surface area contributed by atoms with Gasteiger partial charge in [0.2, 0.25) is 11.8 Å². The van der Waals surface area contributed by atoms with Gasteiger partial charge in [0.15, 0.2) is 0 Å². The predicted molar refractivity (Wildman–Crippen MR) is 99.4 cm³/mol. The first-order chi connectivity index (χ1) is 12.5. The Morgan fingerprint density at radius 1 is 1.15 bits per heavy atom. The minimum atomic E-state index is -0.414. The molecular weight excluding hydrogens is 335 g/mol. The normalized spacial score (nSPS) is 10.6. The first kappa shape index (κ1) is 19.2. The quantitative estimate of drug-likeness (QED) is 0.748. The summed E-state index contributed by atoms with van der Waals surface area (Å²) in [6.45, 7) is 1.97. The highest BCUT2D eigenvalue weighted by molar-refractivity contribution is 5.93. The van der Waals surface area contributed by atoms with Crippen molar-refractivity contribution in [3.63, 3.8) is 0 Å². The van der Waals surface area contributed by atoms with Crippen LogP contribution in [-0.4, -0.2) is 25.5 Å². The molecule has 0 bridgehead atoms. The number of anilines is 1. The maximum absolute atomic E-state index is 13.2. The lowest BCUT2D eigenvalue weighted by atomic mass is 10.2. The zero-order valence-corrected chi connectivity index (χ0v) is 14.7. The van der Waals surface area contributed by atoms with E-state index in [0.717, 1.165) is 16.9 Å². The van der Waals surface area contributed by atoms with Gasteiger partial charge in [-0.3, -0.25) is 9.59 Å². The molecule has 2 amide bonds. The number of methoxy groups -OCH3 is 1. The Hall–Kier alpha value is -3.15. The number of amides is 2. The number of rotatable bonds is 7. The van der Waals surface area contributed by atoms with Crippen molar-refractivity contribution < 1.29 is 18.7 Å². The molecule has 0 aliphatic carbocycles. The van der Waals surface area contributed by atoms with E-state index in [1.165, 1.54) is 18.2 Å². The minimum absolute atomic E-state index is 0.0953. The number of carbonyl (C=O) groups is 2. The molecule has 0 radical (unpaired) electrons. The van der Waals surface area contributed by atoms with Crippen molar-refractivity contribution in [3.8, 4) is 5.75 Å². The zero-order chi connectivity index (χ0) is 18.9. The van der Waals surface area contributed by atoms with Crippen molar-refractivity contribution in [1.29, 1.82) is 0 Å². The van der Waals surface area contributed by atoms with E-state index in [0.29, 0.717) is 5.69 Å². The standard InChI is InChI=1S/C20H21FN2O3/c1-14-3-7-16(21)13-18(14)23-20(25)11-12-22-19(24)10-6-15-4-8-17(26-2)9-5-15/h3-10,13H,11-12H2,1-2H3,(H,22,24)(H,23,25)/b10-6+. The topological polar surface area (TPSA) is 67.4 Å². The van der Waals surface area contributed by atoms with E-state index < -0.39 is 5.82 Å². The molecule has 2 rings (SSSR count). The fourth-order valence-corrected chi connectivity index (χ4v) is 2.19. The largest absolute Gasteiger partial charge is 0.497 e. The average Bonchev–Trinajstić information content (AvgIpc) is 2.63. The second-order valence-corrected chi connectivity index (χ2v) is 5.65. The summed E-state index contributed by atoms with van der Waals surface area (Å²) in [6, 6.07) is 11.5. The lowest BCUT2D eigenvalue weighted by Crippen LogP contribution is -2.26. The molecule has 0 spiro atoms. The number of hydrogen-bond acceptors (Lipinski definition) is 3. The molecular formula is C20H21FN2O3. The third kappa shape index (κ3) is 6.05. The molecule has 0 saturated carbocycles. The number of nitrogens with one attached hydrogen (secondary N) is 2. The lowest BCUT2D eigenvalue weighted by molar-refractivity contribution is -0.117. The molecule has 2 aromatic rings. The first-order valence-corrected chi connectivity index (χ1v) is 8.14. The Bertz CT molecular complexity index is 801. The molecule has 6 heteroatoms. The van der Waals surface area contributed by atoms with E-state index in [9.17, 15) is 14.0 Å². The van der Waals surface area contributed by atoms with Gasteiger partial charge < -0.3 is 15.4 Å². The van der Waals surface area contributed by atoms with Gasteiger partial charge >= 0.3 is 0 Å². The van der Waals surface area contributed by atoms with Gasteiger partial charge in [-0.25, -0.2) is 4.39 Å². The fraction of sp³-hybridized carbons (Fsp3) is 0.200. The highest BCUT2D eigenvalue weighted by Crippen LogP contribution is 2.16. The molecule has 5 nitrogen and oxygen atoms in total. The highest BCUT2D eigenvalue weighted by atomic mass is 19.1. The summed E-state index contributed by atoms with van der Waals surface area (Å²) in [4.78, 5) is 23.7. The Morgan fingerprint density at radius 2 is 1.88 bits per heavy atom. The molecule has 0 aliphatic heterocycles. The van der Waals surface area contributed by atoms with Crippen molar-refractivity contribution in [2.24, 2.45) is 0 Å². The lowest BCUT2D eigenvalue weighted by Gasteiger charge is -2.08. The number of ether oxygens (including phenoxy) is 1. The van der Waals surface area contributed by atoms with Gasteiger partial charge in [0.25, 0.3) is 0 Å². The van der Waals surface area contributed by atoms with E-state index >= 15 is 0 Å². The van der Waals surface area contributed by atoms with Crippen molar-refractivity contribution in [2.75, 3.05) is 19.0 Å². The second-order valence-electron chi connectivity index (χ2n) is 5.65. The SMILES string of the molecule is COc1ccc(/C=C/C(=O)NCCC(=O)Nc2cc(F)ccc2C)cc1. The van der Waals surface area contributed by atoms with Crippen molar-refractivity contribution in [3.05, 3.63) is 65.5 Å². The van der Waals surface area contributed by atoms with Crippen LogP contribution in [-0.2, 0) is 9.59 Å². The molecule has 0 aliphatic rings. The van der Waals surface area contributed by atoms with Gasteiger partial charge in [0.1, 0.15) is 11.6 Å². The van der Waals surface area contributed by atoms with Gasteiger partial charge in [-0.15, -0.1) is 0 Å². The van der Waals surface area contributed by atoms with Gasteiger partial charge in [0.05, 0.1) is 7.11 Å². The van der Waals surface area contributed by atoms with Gasteiger partial charge in [0, 0.05) is 24.7 Å². The van der Waals surface area contributed by atoms with Gasteiger partial charge in [-0.2, -0.15) is 0 Å². The maximum Gasteiger partial charge on any atom is 0.244 e. The summed E-state index contributed by atoms with van der Waals surface area (Å²) in [5.74, 6) is -0.261. The summed E-state index contributed by atoms with van der Waals surface area (Å²) >= 11 is 0. The van der Waals surface area contributed by atoms with E-state index in [4.69, 9.17) is 4.74 Å². The molecule has 2 aromatic carbocycles. The average molecular weight is 356 g/mol. The molecule has 0 unspecified atom stereocenters. The van der Waals surface area contributed by atoms with Crippen molar-refractivity contribution in [1.82, 2.24) is 5.32 Å². The van der Waals surface area contributed by atoms with Crippen LogP contribution < -0.4 is 15.4 Å². The number of halogens is 1. The van der Waals surface area contributed by atoms with Crippen LogP contribution in [0.4, 0.5) is 10.1 Å². The van der Waals surface area contributed by atoms with E-state index in [1.807, 2.05) is 12.1 Å². The van der Waals surface area contributed by atoms with Crippen LogP contribution in [0.25, 0.3) is 6.08 Å². The van der Waals surface area contributed by atoms with Crippen LogP contribution >= 0.6 is 0 Å². The third-order valence-corrected chi connectivity index (χ3v) is 3.67. The summed E-state index contributed by atoms with van der Waals surface area (Å²) in [5.41, 5.74) is 2.06. The Kier molecular flexibility index (Phi) is 6.91. The van der Waals surface area contributed by atoms with Crippen LogP contribution in [0.2, 0.25) is 0 Å². The maximum atomic E-state index is 13.2. The number of carbonyl (C=O) groups excluding carboxylic acids is 2. The first-order valence-electron chi connectivity index (χ1n) is 8.14. The number of hydrogen-bond donors (Lipinski definition) is 2. The van der Waals surface area contributed by atoms with Crippen LogP contribution in [0.1, 0.15) is 17.5 Å². The van der Waals surface area contributed by atoms with Crippen LogP contribution in [0, 0.1) is 12.7 Å². The van der Waals surface area contributed by atoms with Crippen molar-refractivity contribution in [2.45, 2.75) is 13.3 Å².